The van der Waals surface area contributed by atoms with Crippen molar-refractivity contribution < 1.29 is 0 Å². The van der Waals surface area contributed by atoms with Gasteiger partial charge in [-0.2, -0.15) is 0 Å². The maximum atomic E-state index is 2.54. The summed E-state index contributed by atoms with van der Waals surface area (Å²) in [6.45, 7) is 0. The van der Waals surface area contributed by atoms with Gasteiger partial charge in [-0.1, -0.05) is 243 Å². The van der Waals surface area contributed by atoms with Crippen molar-refractivity contribution in [1.82, 2.24) is 13.7 Å². The molecular formula is C78H51N3Si. The summed E-state index contributed by atoms with van der Waals surface area (Å²) in [5.41, 5.74) is 12.9. The summed E-state index contributed by atoms with van der Waals surface area (Å²) in [5, 5.41) is 20.4. The highest BCUT2D eigenvalue weighted by atomic mass is 28.3. The van der Waals surface area contributed by atoms with E-state index >= 15 is 0 Å². The molecule has 0 unspecified atom stereocenters. The normalized spacial score (nSPS) is 12.1. The van der Waals surface area contributed by atoms with Crippen LogP contribution in [0, 0.1) is 0 Å². The molecule has 3 aromatic heterocycles. The van der Waals surface area contributed by atoms with E-state index in [1.54, 1.807) is 0 Å². The van der Waals surface area contributed by atoms with Crippen LogP contribution in [0.25, 0.3) is 126 Å². The second-order valence-corrected chi connectivity index (χ2v) is 25.7. The van der Waals surface area contributed by atoms with Gasteiger partial charge >= 0.3 is 0 Å². The average molecular weight is 1060 g/mol. The SMILES string of the molecule is c1ccc(-c2cccc([Si](c3ccccc3)(c3ccccc3)c3ccc(-n4c5cc(-n6c7ccccc7c7cc(-n8c9ccccc9c9ccccc98)ccc76)ccc5c5c6c7ccccc7c7ccccc7c6ccc54)cc3)c2)cc1. The van der Waals surface area contributed by atoms with Gasteiger partial charge in [0.25, 0.3) is 0 Å². The second kappa shape index (κ2) is 18.3. The Morgan fingerprint density at radius 3 is 1.18 bits per heavy atom. The van der Waals surface area contributed by atoms with Gasteiger partial charge in [0.05, 0.1) is 33.1 Å². The molecule has 14 aromatic carbocycles. The Bertz CT molecular complexity index is 5250. The number of hydrogen-bond acceptors (Lipinski definition) is 0. The first kappa shape index (κ1) is 46.4. The van der Waals surface area contributed by atoms with Gasteiger partial charge in [0.15, 0.2) is 8.07 Å². The number of hydrogen-bond donors (Lipinski definition) is 0. The van der Waals surface area contributed by atoms with E-state index in [-0.39, 0.29) is 0 Å². The molecule has 0 aliphatic rings. The molecule has 0 atom stereocenters. The summed E-state index contributed by atoms with van der Waals surface area (Å²) in [6.07, 6.45) is 0. The van der Waals surface area contributed by atoms with Gasteiger partial charge in [0.1, 0.15) is 0 Å². The van der Waals surface area contributed by atoms with Crippen molar-refractivity contribution in [2.24, 2.45) is 0 Å². The first-order valence-electron chi connectivity index (χ1n) is 28.4. The van der Waals surface area contributed by atoms with Crippen LogP contribution in [0.5, 0.6) is 0 Å². The molecule has 17 rings (SSSR count). The molecule has 0 N–H and O–H groups in total. The van der Waals surface area contributed by atoms with Gasteiger partial charge < -0.3 is 13.7 Å². The summed E-state index contributed by atoms with van der Waals surface area (Å²) >= 11 is 0. The number of aromatic nitrogens is 3. The highest BCUT2D eigenvalue weighted by Gasteiger charge is 2.41. The van der Waals surface area contributed by atoms with Crippen LogP contribution >= 0.6 is 0 Å². The molecular weight excluding hydrogens is 1010 g/mol. The van der Waals surface area contributed by atoms with Crippen molar-refractivity contribution in [3.05, 3.63) is 309 Å². The predicted molar refractivity (Wildman–Crippen MR) is 351 cm³/mol. The molecule has 0 aliphatic carbocycles. The molecule has 0 aliphatic heterocycles. The number of rotatable bonds is 8. The van der Waals surface area contributed by atoms with E-state index in [0.29, 0.717) is 0 Å². The van der Waals surface area contributed by atoms with Gasteiger partial charge in [-0.3, -0.25) is 0 Å². The fourth-order valence-electron chi connectivity index (χ4n) is 14.3. The summed E-state index contributed by atoms with van der Waals surface area (Å²) in [7, 11) is -2.93. The second-order valence-electron chi connectivity index (χ2n) is 21.9. The molecule has 0 saturated heterocycles. The third kappa shape index (κ3) is 6.76. The number of para-hydroxylation sites is 3. The van der Waals surface area contributed by atoms with Crippen molar-refractivity contribution in [3.8, 4) is 28.2 Å². The van der Waals surface area contributed by atoms with Crippen molar-refractivity contribution in [1.29, 1.82) is 0 Å². The van der Waals surface area contributed by atoms with Crippen molar-refractivity contribution >= 4 is 127 Å². The van der Waals surface area contributed by atoms with Crippen molar-refractivity contribution in [2.45, 2.75) is 0 Å². The van der Waals surface area contributed by atoms with E-state index in [2.05, 4.69) is 323 Å². The van der Waals surface area contributed by atoms with Gasteiger partial charge in [0, 0.05) is 54.8 Å². The zero-order chi connectivity index (χ0) is 53.9. The fourth-order valence-corrected chi connectivity index (χ4v) is 19.1. The summed E-state index contributed by atoms with van der Waals surface area (Å²) in [5.74, 6) is 0. The monoisotopic (exact) mass is 1060 g/mol. The molecule has 0 bridgehead atoms. The Morgan fingerprint density at radius 2 is 0.573 bits per heavy atom. The highest BCUT2D eigenvalue weighted by Crippen LogP contribution is 2.45. The molecule has 4 heteroatoms. The summed E-state index contributed by atoms with van der Waals surface area (Å²) in [4.78, 5) is 0. The third-order valence-electron chi connectivity index (χ3n) is 17.7. The highest BCUT2D eigenvalue weighted by molar-refractivity contribution is 7.20. The Balaban J connectivity index is 0.923. The van der Waals surface area contributed by atoms with Gasteiger partial charge in [0.2, 0.25) is 0 Å². The van der Waals surface area contributed by atoms with Crippen LogP contribution in [-0.2, 0) is 0 Å². The Hall–Kier alpha value is -10.5. The number of nitrogens with zero attached hydrogens (tertiary/aromatic N) is 3. The smallest absolute Gasteiger partial charge is 0.179 e. The Labute approximate surface area is 475 Å². The molecule has 0 radical (unpaired) electrons. The van der Waals surface area contributed by atoms with E-state index in [1.165, 1.54) is 124 Å². The van der Waals surface area contributed by atoms with E-state index in [0.717, 1.165) is 22.6 Å². The fraction of sp³-hybridized carbons (Fsp3) is 0. The van der Waals surface area contributed by atoms with Gasteiger partial charge in [-0.25, -0.2) is 0 Å². The zero-order valence-corrected chi connectivity index (χ0v) is 45.8. The van der Waals surface area contributed by atoms with Crippen molar-refractivity contribution in [2.75, 3.05) is 0 Å². The summed E-state index contributed by atoms with van der Waals surface area (Å²) < 4.78 is 7.45. The first-order chi connectivity index (χ1) is 40.7. The average Bonchev–Trinajstić information content (AvgIpc) is 2.08. The molecule has 0 spiro atoms. The molecule has 0 amide bonds. The van der Waals surface area contributed by atoms with Crippen LogP contribution in [0.4, 0.5) is 0 Å². The lowest BCUT2D eigenvalue weighted by Crippen LogP contribution is -2.74. The minimum absolute atomic E-state index is 1.11. The summed E-state index contributed by atoms with van der Waals surface area (Å²) in [6, 6.07) is 116. The largest absolute Gasteiger partial charge is 0.309 e. The van der Waals surface area contributed by atoms with Crippen LogP contribution in [0.1, 0.15) is 0 Å². The predicted octanol–water partition coefficient (Wildman–Crippen LogP) is 17.5. The standard InChI is InChI=1S/C78H51N3Si/c1-4-21-52(22-5-1)53-23-20-28-60(49-53)82(57-24-6-2-7-25-57,58-26-8-3-9-27-58)59-43-39-54(40-44-59)79-75-48-46-68-63-31-11-10-29-61(63)62-30-12-13-35-67(62)77(68)78(75)69-45-41-56(51-76(69)79)81-73-38-19-16-34-66(73)70-50-55(42-47-74(70)81)80-71-36-17-14-32-64(71)65-33-15-18-37-72(65)80/h1-51H. The topological polar surface area (TPSA) is 14.8 Å². The van der Waals surface area contributed by atoms with Crippen LogP contribution in [0.2, 0.25) is 0 Å². The number of fused-ring (bicyclic) bond motifs is 16. The molecule has 0 fully saturated rings. The van der Waals surface area contributed by atoms with Crippen LogP contribution in [0.15, 0.2) is 309 Å². The minimum Gasteiger partial charge on any atom is -0.309 e. The first-order valence-corrected chi connectivity index (χ1v) is 30.4. The van der Waals surface area contributed by atoms with E-state index in [1.807, 2.05) is 0 Å². The lowest BCUT2D eigenvalue weighted by atomic mass is 9.92. The van der Waals surface area contributed by atoms with Crippen molar-refractivity contribution in [3.63, 3.8) is 0 Å². The van der Waals surface area contributed by atoms with Gasteiger partial charge in [-0.15, -0.1) is 0 Å². The quantitative estimate of drug-likeness (QED) is 0.0818. The molecule has 3 nitrogen and oxygen atoms in total. The Morgan fingerprint density at radius 1 is 0.183 bits per heavy atom. The van der Waals surface area contributed by atoms with E-state index < -0.39 is 8.07 Å². The molecule has 3 heterocycles. The maximum absolute atomic E-state index is 2.93. The molecule has 382 valence electrons. The number of benzene rings is 14. The lowest BCUT2D eigenvalue weighted by molar-refractivity contribution is 1.15. The molecule has 82 heavy (non-hydrogen) atoms. The minimum atomic E-state index is -2.93. The maximum Gasteiger partial charge on any atom is 0.179 e. The lowest BCUT2D eigenvalue weighted by Gasteiger charge is -2.35. The Kier molecular flexibility index (Phi) is 10.3. The zero-order valence-electron chi connectivity index (χ0n) is 44.8. The van der Waals surface area contributed by atoms with E-state index in [4.69, 9.17) is 0 Å². The van der Waals surface area contributed by atoms with Crippen LogP contribution in [0.3, 0.4) is 0 Å². The van der Waals surface area contributed by atoms with Crippen LogP contribution in [-0.4, -0.2) is 21.8 Å². The molecule has 0 saturated carbocycles. The third-order valence-corrected chi connectivity index (χ3v) is 22.5. The van der Waals surface area contributed by atoms with Crippen LogP contribution < -0.4 is 20.7 Å². The molecule has 17 aromatic rings. The van der Waals surface area contributed by atoms with E-state index in [9.17, 15) is 0 Å². The van der Waals surface area contributed by atoms with Gasteiger partial charge in [-0.05, 0) is 126 Å².